The highest BCUT2D eigenvalue weighted by molar-refractivity contribution is 5.95. The monoisotopic (exact) mass is 371 g/mol. The molecule has 0 aliphatic carbocycles. The SMILES string of the molecule is Cc1cc(C(=O)NC2CCN(C(=O)[C@@H](N)CC(C)C)CC2)c(C)o1.Cl. The Hall–Kier alpha value is -1.53. The normalized spacial score (nSPS) is 16.5. The lowest BCUT2D eigenvalue weighted by Crippen LogP contribution is -2.51. The molecule has 0 bridgehead atoms. The van der Waals surface area contributed by atoms with Crippen molar-refractivity contribution in [3.63, 3.8) is 0 Å². The van der Waals surface area contributed by atoms with Gasteiger partial charge in [0.05, 0.1) is 11.6 Å². The van der Waals surface area contributed by atoms with Gasteiger partial charge in [-0.3, -0.25) is 9.59 Å². The van der Waals surface area contributed by atoms with Crippen molar-refractivity contribution in [2.45, 2.75) is 59.0 Å². The molecule has 1 aliphatic heterocycles. The summed E-state index contributed by atoms with van der Waals surface area (Å²) in [5.41, 5.74) is 6.58. The van der Waals surface area contributed by atoms with Gasteiger partial charge in [0.25, 0.3) is 5.91 Å². The van der Waals surface area contributed by atoms with Crippen LogP contribution < -0.4 is 11.1 Å². The lowest BCUT2D eigenvalue weighted by Gasteiger charge is -2.34. The van der Waals surface area contributed by atoms with E-state index in [1.807, 2.05) is 11.8 Å². The second-order valence-electron chi connectivity index (χ2n) is 7.14. The summed E-state index contributed by atoms with van der Waals surface area (Å²) in [7, 11) is 0. The van der Waals surface area contributed by atoms with Crippen LogP contribution in [0.15, 0.2) is 10.5 Å². The van der Waals surface area contributed by atoms with Crippen LogP contribution in [0.2, 0.25) is 0 Å². The molecule has 1 fully saturated rings. The van der Waals surface area contributed by atoms with Crippen LogP contribution in [0.25, 0.3) is 0 Å². The van der Waals surface area contributed by atoms with Crippen molar-refractivity contribution < 1.29 is 14.0 Å². The molecule has 3 N–H and O–H groups in total. The number of amides is 2. The Morgan fingerprint density at radius 2 is 1.92 bits per heavy atom. The number of rotatable bonds is 5. The van der Waals surface area contributed by atoms with Crippen molar-refractivity contribution >= 4 is 24.2 Å². The second kappa shape index (κ2) is 9.25. The quantitative estimate of drug-likeness (QED) is 0.831. The Morgan fingerprint density at radius 1 is 1.32 bits per heavy atom. The summed E-state index contributed by atoms with van der Waals surface area (Å²) in [5.74, 6) is 1.69. The van der Waals surface area contributed by atoms with Gasteiger partial charge in [0.15, 0.2) is 0 Å². The fraction of sp³-hybridized carbons (Fsp3) is 0.667. The number of aryl methyl sites for hydroxylation is 2. The number of hydrogen-bond acceptors (Lipinski definition) is 4. The fourth-order valence-corrected chi connectivity index (χ4v) is 3.21. The predicted molar refractivity (Wildman–Crippen MR) is 99.9 cm³/mol. The number of halogens is 1. The molecule has 1 aromatic heterocycles. The molecular formula is C18H30ClN3O3. The van der Waals surface area contributed by atoms with E-state index in [2.05, 4.69) is 19.2 Å². The Bertz CT molecular complexity index is 592. The number of nitrogens with one attached hydrogen (secondary N) is 1. The average molecular weight is 372 g/mol. The van der Waals surface area contributed by atoms with Crippen LogP contribution in [0, 0.1) is 19.8 Å². The lowest BCUT2D eigenvalue weighted by molar-refractivity contribution is -0.134. The molecule has 0 unspecified atom stereocenters. The summed E-state index contributed by atoms with van der Waals surface area (Å²) in [6, 6.07) is 1.42. The van der Waals surface area contributed by atoms with E-state index in [0.717, 1.165) is 18.6 Å². The molecule has 0 saturated carbocycles. The van der Waals surface area contributed by atoms with Gasteiger partial charge in [-0.1, -0.05) is 13.8 Å². The van der Waals surface area contributed by atoms with E-state index in [9.17, 15) is 9.59 Å². The van der Waals surface area contributed by atoms with Crippen LogP contribution in [0.5, 0.6) is 0 Å². The summed E-state index contributed by atoms with van der Waals surface area (Å²) >= 11 is 0. The van der Waals surface area contributed by atoms with E-state index < -0.39 is 6.04 Å². The van der Waals surface area contributed by atoms with Gasteiger partial charge in [-0.25, -0.2) is 0 Å². The molecular weight excluding hydrogens is 342 g/mol. The third kappa shape index (κ3) is 5.75. The average Bonchev–Trinajstić information content (AvgIpc) is 2.85. The van der Waals surface area contributed by atoms with Crippen LogP contribution >= 0.6 is 12.4 Å². The maximum absolute atomic E-state index is 12.3. The van der Waals surface area contributed by atoms with Gasteiger partial charge in [-0.2, -0.15) is 0 Å². The third-order valence-electron chi connectivity index (χ3n) is 4.47. The van der Waals surface area contributed by atoms with E-state index in [1.165, 1.54) is 0 Å². The summed E-state index contributed by atoms with van der Waals surface area (Å²) in [6.45, 7) is 9.02. The highest BCUT2D eigenvalue weighted by Crippen LogP contribution is 2.17. The van der Waals surface area contributed by atoms with Crippen molar-refractivity contribution in [2.75, 3.05) is 13.1 Å². The van der Waals surface area contributed by atoms with Crippen LogP contribution in [-0.4, -0.2) is 41.9 Å². The maximum Gasteiger partial charge on any atom is 0.255 e. The Kier molecular flexibility index (Phi) is 7.96. The van der Waals surface area contributed by atoms with E-state index in [1.54, 1.807) is 13.0 Å². The van der Waals surface area contributed by atoms with Crippen molar-refractivity contribution in [1.29, 1.82) is 0 Å². The Labute approximate surface area is 155 Å². The first-order chi connectivity index (χ1) is 11.3. The molecule has 0 aromatic carbocycles. The number of carbonyl (C=O) groups excluding carboxylic acids is 2. The smallest absolute Gasteiger partial charge is 0.255 e. The van der Waals surface area contributed by atoms with Crippen LogP contribution in [0.1, 0.15) is 55.0 Å². The molecule has 6 nitrogen and oxygen atoms in total. The number of piperidine rings is 1. The molecule has 1 aliphatic rings. The van der Waals surface area contributed by atoms with E-state index >= 15 is 0 Å². The largest absolute Gasteiger partial charge is 0.466 e. The van der Waals surface area contributed by atoms with Crippen LogP contribution in [-0.2, 0) is 4.79 Å². The lowest BCUT2D eigenvalue weighted by atomic mass is 10.0. The number of hydrogen-bond donors (Lipinski definition) is 2. The first kappa shape index (κ1) is 21.5. The van der Waals surface area contributed by atoms with Crippen molar-refractivity contribution in [3.8, 4) is 0 Å². The minimum Gasteiger partial charge on any atom is -0.466 e. The summed E-state index contributed by atoms with van der Waals surface area (Å²) in [5, 5.41) is 3.04. The van der Waals surface area contributed by atoms with E-state index in [-0.39, 0.29) is 30.3 Å². The molecule has 2 heterocycles. The second-order valence-corrected chi connectivity index (χ2v) is 7.14. The predicted octanol–water partition coefficient (Wildman–Crippen LogP) is 2.41. The highest BCUT2D eigenvalue weighted by atomic mass is 35.5. The summed E-state index contributed by atoms with van der Waals surface area (Å²) in [6.07, 6.45) is 2.21. The van der Waals surface area contributed by atoms with Gasteiger partial charge in [0.1, 0.15) is 11.5 Å². The van der Waals surface area contributed by atoms with Crippen LogP contribution in [0.4, 0.5) is 0 Å². The Morgan fingerprint density at radius 3 is 2.40 bits per heavy atom. The molecule has 142 valence electrons. The summed E-state index contributed by atoms with van der Waals surface area (Å²) < 4.78 is 5.40. The minimum atomic E-state index is -0.423. The first-order valence-corrected chi connectivity index (χ1v) is 8.70. The van der Waals surface area contributed by atoms with Crippen LogP contribution in [0.3, 0.4) is 0 Å². The Balaban J connectivity index is 0.00000312. The van der Waals surface area contributed by atoms with Gasteiger partial charge in [0, 0.05) is 19.1 Å². The van der Waals surface area contributed by atoms with Gasteiger partial charge in [-0.15, -0.1) is 12.4 Å². The number of nitrogens with zero attached hydrogens (tertiary/aromatic N) is 1. The van der Waals surface area contributed by atoms with Gasteiger partial charge < -0.3 is 20.4 Å². The standard InChI is InChI=1S/C18H29N3O3.ClH/c1-11(2)9-16(19)18(23)21-7-5-14(6-8-21)20-17(22)15-10-12(3)24-13(15)4;/h10-11,14,16H,5-9,19H2,1-4H3,(H,20,22);1H/t16-;/m0./s1. The van der Waals surface area contributed by atoms with Crippen molar-refractivity contribution in [1.82, 2.24) is 10.2 Å². The molecule has 1 atom stereocenters. The molecule has 2 rings (SSSR count). The van der Waals surface area contributed by atoms with E-state index in [0.29, 0.717) is 36.8 Å². The molecule has 1 aromatic rings. The number of furan rings is 1. The molecule has 2 amide bonds. The van der Waals surface area contributed by atoms with Gasteiger partial charge >= 0.3 is 0 Å². The highest BCUT2D eigenvalue weighted by Gasteiger charge is 2.28. The van der Waals surface area contributed by atoms with Crippen molar-refractivity contribution in [2.24, 2.45) is 11.7 Å². The first-order valence-electron chi connectivity index (χ1n) is 8.70. The van der Waals surface area contributed by atoms with Gasteiger partial charge in [-0.05, 0) is 45.1 Å². The summed E-state index contributed by atoms with van der Waals surface area (Å²) in [4.78, 5) is 26.5. The number of likely N-dealkylation sites (tertiary alicyclic amines) is 1. The van der Waals surface area contributed by atoms with E-state index in [4.69, 9.17) is 10.2 Å². The minimum absolute atomic E-state index is 0. The zero-order valence-electron chi connectivity index (χ0n) is 15.5. The number of nitrogens with two attached hydrogens (primary N) is 1. The molecule has 0 radical (unpaired) electrons. The topological polar surface area (TPSA) is 88.6 Å². The third-order valence-corrected chi connectivity index (χ3v) is 4.47. The van der Waals surface area contributed by atoms with Gasteiger partial charge in [0.2, 0.25) is 5.91 Å². The molecule has 0 spiro atoms. The number of carbonyl (C=O) groups is 2. The zero-order chi connectivity index (χ0) is 17.9. The van der Waals surface area contributed by atoms with Crippen molar-refractivity contribution in [3.05, 3.63) is 23.2 Å². The molecule has 7 heteroatoms. The maximum atomic E-state index is 12.3. The fourth-order valence-electron chi connectivity index (χ4n) is 3.21. The zero-order valence-corrected chi connectivity index (χ0v) is 16.3. The molecule has 1 saturated heterocycles. The molecule has 25 heavy (non-hydrogen) atoms.